The average molecular weight is 305 g/mol. The van der Waals surface area contributed by atoms with E-state index in [0.29, 0.717) is 24.2 Å². The summed E-state index contributed by atoms with van der Waals surface area (Å²) in [6.45, 7) is 1.47. The van der Waals surface area contributed by atoms with Crippen molar-refractivity contribution in [2.45, 2.75) is 0 Å². The summed E-state index contributed by atoms with van der Waals surface area (Å²) in [5.41, 5.74) is 5.18. The van der Waals surface area contributed by atoms with Crippen LogP contribution in [0.5, 0.6) is 5.75 Å². The Bertz CT molecular complexity index is 387. The van der Waals surface area contributed by atoms with Gasteiger partial charge in [0.2, 0.25) is 5.75 Å². The molecule has 0 saturated carbocycles. The predicted molar refractivity (Wildman–Crippen MR) is 66.2 cm³/mol. The quantitative estimate of drug-likeness (QED) is 0.471. The molecule has 0 amide bonds. The highest BCUT2D eigenvalue weighted by Gasteiger charge is 2.17. The van der Waals surface area contributed by atoms with Crippen molar-refractivity contribution in [2.75, 3.05) is 26.4 Å². The maximum atomic E-state index is 10.8. The Morgan fingerprint density at radius 3 is 2.76 bits per heavy atom. The van der Waals surface area contributed by atoms with Crippen LogP contribution in [0.3, 0.4) is 0 Å². The molecule has 0 aliphatic carbocycles. The highest BCUT2D eigenvalue weighted by Crippen LogP contribution is 2.34. The maximum absolute atomic E-state index is 10.8. The van der Waals surface area contributed by atoms with Crippen LogP contribution in [0.15, 0.2) is 22.7 Å². The molecular formula is C10H13BrN2O4. The third-order valence-electron chi connectivity index (χ3n) is 1.88. The number of nitrogens with zero attached hydrogens (tertiary/aromatic N) is 1. The molecule has 0 radical (unpaired) electrons. The lowest BCUT2D eigenvalue weighted by Crippen LogP contribution is -2.13. The van der Waals surface area contributed by atoms with Gasteiger partial charge < -0.3 is 15.2 Å². The number of benzene rings is 1. The molecule has 6 nitrogen and oxygen atoms in total. The third kappa shape index (κ3) is 4.29. The maximum Gasteiger partial charge on any atom is 0.312 e. The fourth-order valence-electron chi connectivity index (χ4n) is 1.17. The van der Waals surface area contributed by atoms with Gasteiger partial charge in [-0.3, -0.25) is 10.1 Å². The topological polar surface area (TPSA) is 87.6 Å². The summed E-state index contributed by atoms with van der Waals surface area (Å²) in [7, 11) is 0. The van der Waals surface area contributed by atoms with Gasteiger partial charge in [-0.2, -0.15) is 0 Å². The van der Waals surface area contributed by atoms with E-state index in [1.54, 1.807) is 12.1 Å². The summed E-state index contributed by atoms with van der Waals surface area (Å²) in [5, 5.41) is 10.8. The highest BCUT2D eigenvalue weighted by molar-refractivity contribution is 9.10. The molecule has 1 aromatic carbocycles. The van der Waals surface area contributed by atoms with Crippen molar-refractivity contribution in [3.63, 3.8) is 0 Å². The first-order valence-corrected chi connectivity index (χ1v) is 5.79. The summed E-state index contributed by atoms with van der Waals surface area (Å²) >= 11 is 3.21. The summed E-state index contributed by atoms with van der Waals surface area (Å²) < 4.78 is 11.0. The second kappa shape index (κ2) is 7.21. The highest BCUT2D eigenvalue weighted by atomic mass is 79.9. The molecule has 0 aromatic heterocycles. The van der Waals surface area contributed by atoms with E-state index >= 15 is 0 Å². The number of hydrogen-bond acceptors (Lipinski definition) is 5. The first kappa shape index (κ1) is 13.9. The van der Waals surface area contributed by atoms with Gasteiger partial charge in [0.05, 0.1) is 22.6 Å². The van der Waals surface area contributed by atoms with Crippen molar-refractivity contribution < 1.29 is 14.4 Å². The van der Waals surface area contributed by atoms with Gasteiger partial charge >= 0.3 is 5.69 Å². The largest absolute Gasteiger partial charge is 0.484 e. The van der Waals surface area contributed by atoms with Gasteiger partial charge in [0.1, 0.15) is 6.61 Å². The molecule has 0 fully saturated rings. The van der Waals surface area contributed by atoms with E-state index in [0.717, 1.165) is 0 Å². The van der Waals surface area contributed by atoms with Crippen molar-refractivity contribution in [2.24, 2.45) is 5.73 Å². The smallest absolute Gasteiger partial charge is 0.312 e. The van der Waals surface area contributed by atoms with Crippen LogP contribution < -0.4 is 10.5 Å². The summed E-state index contributed by atoms with van der Waals surface area (Å²) in [4.78, 5) is 10.3. The van der Waals surface area contributed by atoms with Crippen molar-refractivity contribution in [1.82, 2.24) is 0 Å². The Kier molecular flexibility index (Phi) is 5.88. The first-order chi connectivity index (χ1) is 8.16. The Hall–Kier alpha value is -1.18. The van der Waals surface area contributed by atoms with Gasteiger partial charge in [-0.15, -0.1) is 0 Å². The van der Waals surface area contributed by atoms with E-state index in [2.05, 4.69) is 15.9 Å². The fraction of sp³-hybridized carbons (Fsp3) is 0.400. The van der Waals surface area contributed by atoms with Crippen LogP contribution in [0.4, 0.5) is 5.69 Å². The Morgan fingerprint density at radius 2 is 2.12 bits per heavy atom. The third-order valence-corrected chi connectivity index (χ3v) is 2.50. The molecule has 0 aliphatic heterocycles. The lowest BCUT2D eigenvalue weighted by atomic mass is 10.3. The standard InChI is InChI=1S/C10H13BrN2O4/c11-8-2-1-3-9(13(14)15)10(8)17-7-6-16-5-4-12/h1-3H,4-7,12H2. The van der Waals surface area contributed by atoms with E-state index in [1.165, 1.54) is 6.07 Å². The molecule has 7 heteroatoms. The van der Waals surface area contributed by atoms with Crippen LogP contribution in [0.1, 0.15) is 0 Å². The zero-order valence-corrected chi connectivity index (χ0v) is 10.7. The fourth-order valence-corrected chi connectivity index (χ4v) is 1.64. The van der Waals surface area contributed by atoms with Crippen LogP contribution in [0.25, 0.3) is 0 Å². The van der Waals surface area contributed by atoms with Crippen LogP contribution in [-0.4, -0.2) is 31.3 Å². The van der Waals surface area contributed by atoms with Crippen molar-refractivity contribution in [3.8, 4) is 5.75 Å². The molecule has 17 heavy (non-hydrogen) atoms. The van der Waals surface area contributed by atoms with Crippen LogP contribution in [0, 0.1) is 10.1 Å². The van der Waals surface area contributed by atoms with E-state index in [-0.39, 0.29) is 18.0 Å². The normalized spacial score (nSPS) is 10.2. The second-order valence-corrected chi connectivity index (χ2v) is 3.95. The minimum absolute atomic E-state index is 0.0711. The van der Waals surface area contributed by atoms with Crippen LogP contribution in [0.2, 0.25) is 0 Å². The minimum atomic E-state index is -0.485. The number of halogens is 1. The molecule has 0 spiro atoms. The van der Waals surface area contributed by atoms with Gasteiger partial charge in [0, 0.05) is 12.6 Å². The van der Waals surface area contributed by atoms with Gasteiger partial charge in [0.15, 0.2) is 0 Å². The molecule has 0 atom stereocenters. The number of nitro benzene ring substituents is 1. The summed E-state index contributed by atoms with van der Waals surface area (Å²) in [6, 6.07) is 4.66. The Labute approximate surface area is 107 Å². The average Bonchev–Trinajstić information content (AvgIpc) is 2.30. The summed E-state index contributed by atoms with van der Waals surface area (Å²) in [6.07, 6.45) is 0. The molecule has 2 N–H and O–H groups in total. The van der Waals surface area contributed by atoms with E-state index in [1.807, 2.05) is 0 Å². The number of para-hydroxylation sites is 1. The second-order valence-electron chi connectivity index (χ2n) is 3.09. The lowest BCUT2D eigenvalue weighted by Gasteiger charge is -2.08. The number of ether oxygens (including phenoxy) is 2. The first-order valence-electron chi connectivity index (χ1n) is 5.00. The molecule has 0 bridgehead atoms. The molecule has 1 rings (SSSR count). The monoisotopic (exact) mass is 304 g/mol. The summed E-state index contributed by atoms with van der Waals surface area (Å²) in [5.74, 6) is 0.217. The zero-order valence-electron chi connectivity index (χ0n) is 9.10. The number of nitro groups is 1. The Morgan fingerprint density at radius 1 is 1.35 bits per heavy atom. The van der Waals surface area contributed by atoms with Crippen molar-refractivity contribution in [3.05, 3.63) is 32.8 Å². The van der Waals surface area contributed by atoms with Gasteiger partial charge in [0.25, 0.3) is 0 Å². The van der Waals surface area contributed by atoms with E-state index < -0.39 is 4.92 Å². The lowest BCUT2D eigenvalue weighted by molar-refractivity contribution is -0.386. The van der Waals surface area contributed by atoms with Crippen LogP contribution >= 0.6 is 15.9 Å². The van der Waals surface area contributed by atoms with Crippen LogP contribution in [-0.2, 0) is 4.74 Å². The molecule has 0 heterocycles. The van der Waals surface area contributed by atoms with Crippen molar-refractivity contribution in [1.29, 1.82) is 0 Å². The SMILES string of the molecule is NCCOCCOc1c(Br)cccc1[N+](=O)[O-]. The number of rotatable bonds is 7. The van der Waals surface area contributed by atoms with Gasteiger partial charge in [-0.1, -0.05) is 6.07 Å². The van der Waals surface area contributed by atoms with E-state index in [9.17, 15) is 10.1 Å². The number of hydrogen-bond donors (Lipinski definition) is 1. The zero-order chi connectivity index (χ0) is 12.7. The molecule has 94 valence electrons. The molecule has 0 aliphatic rings. The van der Waals surface area contributed by atoms with Crippen molar-refractivity contribution >= 4 is 21.6 Å². The molecular weight excluding hydrogens is 292 g/mol. The Balaban J connectivity index is 2.60. The van der Waals surface area contributed by atoms with E-state index in [4.69, 9.17) is 15.2 Å². The molecule has 1 aromatic rings. The predicted octanol–water partition coefficient (Wildman–Crippen LogP) is 1.71. The number of nitrogens with two attached hydrogens (primary N) is 1. The van der Waals surface area contributed by atoms with Gasteiger partial charge in [-0.05, 0) is 22.0 Å². The minimum Gasteiger partial charge on any atom is -0.484 e. The molecule has 0 unspecified atom stereocenters. The molecule has 0 saturated heterocycles. The van der Waals surface area contributed by atoms with Gasteiger partial charge in [-0.25, -0.2) is 0 Å².